The van der Waals surface area contributed by atoms with Gasteiger partial charge in [0.2, 0.25) is 0 Å². The molecule has 0 aliphatic rings. The molecule has 3 aromatic rings. The normalized spacial score (nSPS) is 10.5. The van der Waals surface area contributed by atoms with Crippen LogP contribution in [0.2, 0.25) is 0 Å². The lowest BCUT2D eigenvalue weighted by molar-refractivity contribution is 0.298. The zero-order valence-corrected chi connectivity index (χ0v) is 12.1. The molecule has 106 valence electrons. The standard InChI is InChI=1S/C15H14N4OS/c21-15-18-17-14(12-5-4-8-16-11-12)19(15)9-10-20-13-6-2-1-3-7-13/h1-8,11H,9-10H2,(H,18,21). The van der Waals surface area contributed by atoms with Crippen molar-refractivity contribution in [2.75, 3.05) is 6.61 Å². The number of benzene rings is 1. The monoisotopic (exact) mass is 298 g/mol. The smallest absolute Gasteiger partial charge is 0.195 e. The van der Waals surface area contributed by atoms with Crippen LogP contribution in [0.4, 0.5) is 0 Å². The molecule has 0 unspecified atom stereocenters. The Morgan fingerprint density at radius 1 is 1.14 bits per heavy atom. The Morgan fingerprint density at radius 2 is 2.00 bits per heavy atom. The van der Waals surface area contributed by atoms with E-state index < -0.39 is 0 Å². The van der Waals surface area contributed by atoms with Crippen molar-refractivity contribution in [2.45, 2.75) is 6.54 Å². The number of pyridine rings is 1. The first-order chi connectivity index (χ1) is 10.3. The largest absolute Gasteiger partial charge is 0.492 e. The number of nitrogens with zero attached hydrogens (tertiary/aromatic N) is 3. The molecule has 3 rings (SSSR count). The van der Waals surface area contributed by atoms with Crippen molar-refractivity contribution in [3.63, 3.8) is 0 Å². The van der Waals surface area contributed by atoms with Crippen LogP contribution in [0.25, 0.3) is 11.4 Å². The molecule has 0 amide bonds. The predicted octanol–water partition coefficient (Wildman–Crippen LogP) is 3.08. The van der Waals surface area contributed by atoms with Gasteiger partial charge >= 0.3 is 0 Å². The Morgan fingerprint density at radius 3 is 2.76 bits per heavy atom. The lowest BCUT2D eigenvalue weighted by atomic mass is 10.3. The van der Waals surface area contributed by atoms with Crippen molar-refractivity contribution in [3.05, 3.63) is 59.6 Å². The van der Waals surface area contributed by atoms with E-state index in [0.717, 1.165) is 17.1 Å². The Labute approximate surface area is 127 Å². The van der Waals surface area contributed by atoms with Crippen molar-refractivity contribution in [1.82, 2.24) is 19.7 Å². The van der Waals surface area contributed by atoms with Crippen LogP contribution in [0.3, 0.4) is 0 Å². The van der Waals surface area contributed by atoms with Gasteiger partial charge in [0.25, 0.3) is 0 Å². The Hall–Kier alpha value is -2.47. The summed E-state index contributed by atoms with van der Waals surface area (Å²) in [4.78, 5) is 4.11. The minimum Gasteiger partial charge on any atom is -0.492 e. The fourth-order valence-electron chi connectivity index (χ4n) is 2.01. The maximum atomic E-state index is 5.70. The molecule has 1 N–H and O–H groups in total. The maximum absolute atomic E-state index is 5.70. The van der Waals surface area contributed by atoms with Gasteiger partial charge in [-0.1, -0.05) is 18.2 Å². The van der Waals surface area contributed by atoms with E-state index >= 15 is 0 Å². The lowest BCUT2D eigenvalue weighted by Crippen LogP contribution is -2.09. The second kappa shape index (κ2) is 6.32. The Balaban J connectivity index is 1.74. The maximum Gasteiger partial charge on any atom is 0.195 e. The molecule has 0 spiro atoms. The van der Waals surface area contributed by atoms with Crippen molar-refractivity contribution in [3.8, 4) is 17.1 Å². The van der Waals surface area contributed by atoms with Crippen LogP contribution in [0.1, 0.15) is 0 Å². The quantitative estimate of drug-likeness (QED) is 0.735. The van der Waals surface area contributed by atoms with Gasteiger partial charge in [0.05, 0.1) is 6.54 Å². The SMILES string of the molecule is S=c1[nH]nc(-c2cccnc2)n1CCOc1ccccc1. The molecule has 0 fully saturated rings. The Bertz CT molecular complexity index is 752. The van der Waals surface area contributed by atoms with Crippen LogP contribution >= 0.6 is 12.2 Å². The van der Waals surface area contributed by atoms with E-state index in [-0.39, 0.29) is 0 Å². The summed E-state index contributed by atoms with van der Waals surface area (Å²) >= 11 is 5.27. The molecule has 2 aromatic heterocycles. The molecule has 0 aliphatic carbocycles. The highest BCUT2D eigenvalue weighted by Gasteiger charge is 2.08. The van der Waals surface area contributed by atoms with Gasteiger partial charge in [-0.15, -0.1) is 0 Å². The average molecular weight is 298 g/mol. The molecule has 6 heteroatoms. The van der Waals surface area contributed by atoms with Crippen molar-refractivity contribution < 1.29 is 4.74 Å². The zero-order valence-electron chi connectivity index (χ0n) is 11.3. The predicted molar refractivity (Wildman–Crippen MR) is 82.6 cm³/mol. The summed E-state index contributed by atoms with van der Waals surface area (Å²) in [5, 5.41) is 7.08. The van der Waals surface area contributed by atoms with E-state index in [4.69, 9.17) is 17.0 Å². The minimum atomic E-state index is 0.519. The first kappa shape index (κ1) is 13.5. The molecule has 2 heterocycles. The summed E-state index contributed by atoms with van der Waals surface area (Å²) in [5.74, 6) is 1.61. The van der Waals surface area contributed by atoms with Crippen molar-refractivity contribution >= 4 is 12.2 Å². The number of nitrogens with one attached hydrogen (secondary N) is 1. The number of para-hydroxylation sites is 1. The fourth-order valence-corrected chi connectivity index (χ4v) is 2.24. The zero-order chi connectivity index (χ0) is 14.5. The molecular weight excluding hydrogens is 284 g/mol. The first-order valence-corrected chi connectivity index (χ1v) is 6.99. The van der Waals surface area contributed by atoms with Crippen LogP contribution in [0, 0.1) is 4.77 Å². The molecule has 0 saturated heterocycles. The highest BCUT2D eigenvalue weighted by Crippen LogP contribution is 2.16. The lowest BCUT2D eigenvalue weighted by Gasteiger charge is -2.08. The van der Waals surface area contributed by atoms with E-state index in [2.05, 4.69) is 15.2 Å². The van der Waals surface area contributed by atoms with Crippen LogP contribution in [-0.2, 0) is 6.54 Å². The molecule has 0 saturated carbocycles. The number of ether oxygens (including phenoxy) is 1. The molecular formula is C15H14N4OS. The van der Waals surface area contributed by atoms with Crippen LogP contribution in [0.5, 0.6) is 5.75 Å². The summed E-state index contributed by atoms with van der Waals surface area (Å²) in [6.07, 6.45) is 3.49. The first-order valence-electron chi connectivity index (χ1n) is 6.58. The van der Waals surface area contributed by atoms with E-state index in [1.54, 1.807) is 12.4 Å². The van der Waals surface area contributed by atoms with Gasteiger partial charge in [0.1, 0.15) is 12.4 Å². The topological polar surface area (TPSA) is 55.7 Å². The molecule has 0 aliphatic heterocycles. The van der Waals surface area contributed by atoms with Gasteiger partial charge in [0.15, 0.2) is 10.6 Å². The molecule has 0 radical (unpaired) electrons. The number of H-pyrrole nitrogens is 1. The number of aromatic nitrogens is 4. The van der Waals surface area contributed by atoms with E-state index in [1.165, 1.54) is 0 Å². The fraction of sp³-hybridized carbons (Fsp3) is 0.133. The number of aromatic amines is 1. The number of rotatable bonds is 5. The van der Waals surface area contributed by atoms with Gasteiger partial charge in [-0.3, -0.25) is 14.6 Å². The third kappa shape index (κ3) is 3.17. The molecule has 1 aromatic carbocycles. The number of hydrogen-bond donors (Lipinski definition) is 1. The second-order valence-corrected chi connectivity index (χ2v) is 4.79. The summed E-state index contributed by atoms with van der Waals surface area (Å²) in [6.45, 7) is 1.14. The third-order valence-electron chi connectivity index (χ3n) is 3.00. The summed E-state index contributed by atoms with van der Waals surface area (Å²) in [6, 6.07) is 13.5. The van der Waals surface area contributed by atoms with Gasteiger partial charge in [0, 0.05) is 18.0 Å². The van der Waals surface area contributed by atoms with Crippen molar-refractivity contribution in [2.24, 2.45) is 0 Å². The Kier molecular flexibility index (Phi) is 4.07. The number of hydrogen-bond acceptors (Lipinski definition) is 4. The van der Waals surface area contributed by atoms with Crippen LogP contribution < -0.4 is 4.74 Å². The molecule has 0 bridgehead atoms. The van der Waals surface area contributed by atoms with Gasteiger partial charge in [-0.05, 0) is 36.5 Å². The summed E-state index contributed by atoms with van der Waals surface area (Å²) in [5.41, 5.74) is 0.921. The highest BCUT2D eigenvalue weighted by atomic mass is 32.1. The van der Waals surface area contributed by atoms with Crippen LogP contribution in [0.15, 0.2) is 54.9 Å². The van der Waals surface area contributed by atoms with Crippen molar-refractivity contribution in [1.29, 1.82) is 0 Å². The molecule has 0 atom stereocenters. The molecule has 21 heavy (non-hydrogen) atoms. The third-order valence-corrected chi connectivity index (χ3v) is 3.32. The molecule has 5 nitrogen and oxygen atoms in total. The second-order valence-electron chi connectivity index (χ2n) is 4.41. The van der Waals surface area contributed by atoms with Gasteiger partial charge in [-0.2, -0.15) is 5.10 Å². The van der Waals surface area contributed by atoms with E-state index in [9.17, 15) is 0 Å². The van der Waals surface area contributed by atoms with Gasteiger partial charge < -0.3 is 4.74 Å². The average Bonchev–Trinajstić information content (AvgIpc) is 2.91. The summed E-state index contributed by atoms with van der Waals surface area (Å²) in [7, 11) is 0. The highest BCUT2D eigenvalue weighted by molar-refractivity contribution is 7.71. The minimum absolute atomic E-state index is 0.519. The van der Waals surface area contributed by atoms with E-state index in [1.807, 2.05) is 47.0 Å². The van der Waals surface area contributed by atoms with Crippen LogP contribution in [-0.4, -0.2) is 26.4 Å². The van der Waals surface area contributed by atoms with E-state index in [0.29, 0.717) is 17.9 Å². The van der Waals surface area contributed by atoms with Gasteiger partial charge in [-0.25, -0.2) is 0 Å². The summed E-state index contributed by atoms with van der Waals surface area (Å²) < 4.78 is 8.19.